The molecule has 1 saturated heterocycles. The molecule has 1 N–H and O–H groups in total. The van der Waals surface area contributed by atoms with Gasteiger partial charge in [0.1, 0.15) is 0 Å². The maximum Gasteiger partial charge on any atom is 0.194 e. The fraction of sp³-hybridized carbons (Fsp3) is 0.733. The second kappa shape index (κ2) is 6.77. The Balaban J connectivity index is 2.07. The molecule has 1 aromatic rings. The predicted octanol–water partition coefficient (Wildman–Crippen LogP) is 1.86. The van der Waals surface area contributed by atoms with Crippen molar-refractivity contribution in [1.29, 1.82) is 0 Å². The molecule has 2 heterocycles. The van der Waals surface area contributed by atoms with Gasteiger partial charge in [0.25, 0.3) is 0 Å². The van der Waals surface area contributed by atoms with Crippen molar-refractivity contribution in [2.24, 2.45) is 23.9 Å². The summed E-state index contributed by atoms with van der Waals surface area (Å²) in [4.78, 5) is 7.18. The maximum atomic E-state index is 4.78. The minimum absolute atomic E-state index is 0.679. The van der Waals surface area contributed by atoms with Crippen LogP contribution >= 0.6 is 0 Å². The number of nitrogens with one attached hydrogen (secondary N) is 1. The Hall–Kier alpha value is -1.52. The van der Waals surface area contributed by atoms with Gasteiger partial charge in [0.2, 0.25) is 0 Å². The lowest BCUT2D eigenvalue weighted by atomic mass is 9.92. The van der Waals surface area contributed by atoms with Crippen molar-refractivity contribution < 1.29 is 0 Å². The van der Waals surface area contributed by atoms with Gasteiger partial charge in [-0.25, -0.2) is 4.99 Å². The molecular formula is C15H27N5. The van der Waals surface area contributed by atoms with Gasteiger partial charge in [-0.2, -0.15) is 5.10 Å². The van der Waals surface area contributed by atoms with Gasteiger partial charge in [0, 0.05) is 32.9 Å². The molecule has 20 heavy (non-hydrogen) atoms. The van der Waals surface area contributed by atoms with Crippen LogP contribution in [0.15, 0.2) is 17.3 Å². The van der Waals surface area contributed by atoms with Crippen LogP contribution in [0.3, 0.4) is 0 Å². The topological polar surface area (TPSA) is 45.5 Å². The van der Waals surface area contributed by atoms with E-state index in [9.17, 15) is 0 Å². The minimum Gasteiger partial charge on any atom is -0.357 e. The molecule has 112 valence electrons. The summed E-state index contributed by atoms with van der Waals surface area (Å²) >= 11 is 0. The van der Waals surface area contributed by atoms with Crippen LogP contribution in [0.25, 0.3) is 0 Å². The zero-order valence-corrected chi connectivity index (χ0v) is 13.1. The van der Waals surface area contributed by atoms with Crippen LogP contribution in [0.1, 0.15) is 32.9 Å². The van der Waals surface area contributed by atoms with E-state index in [1.807, 2.05) is 24.0 Å². The van der Waals surface area contributed by atoms with Gasteiger partial charge in [-0.05, 0) is 31.2 Å². The normalized spacial score (nSPS) is 24.0. The molecule has 0 aliphatic carbocycles. The number of rotatable bonds is 3. The summed E-state index contributed by atoms with van der Waals surface area (Å²) in [7, 11) is 1.96. The average Bonchev–Trinajstić information content (AvgIpc) is 2.79. The monoisotopic (exact) mass is 277 g/mol. The lowest BCUT2D eigenvalue weighted by Crippen LogP contribution is -2.48. The van der Waals surface area contributed by atoms with Crippen LogP contribution in [0.2, 0.25) is 0 Å². The van der Waals surface area contributed by atoms with Gasteiger partial charge in [0.15, 0.2) is 5.96 Å². The van der Waals surface area contributed by atoms with Crippen molar-refractivity contribution in [3.63, 3.8) is 0 Å². The molecule has 0 aromatic carbocycles. The molecule has 0 amide bonds. The number of hydrogen-bond donors (Lipinski definition) is 1. The molecular weight excluding hydrogens is 250 g/mol. The maximum absolute atomic E-state index is 4.78. The van der Waals surface area contributed by atoms with Crippen molar-refractivity contribution in [2.75, 3.05) is 19.6 Å². The number of hydrogen-bond acceptors (Lipinski definition) is 2. The number of piperidine rings is 1. The number of guanidine groups is 1. The number of likely N-dealkylation sites (tertiary alicyclic amines) is 1. The van der Waals surface area contributed by atoms with Crippen molar-refractivity contribution in [1.82, 2.24) is 20.0 Å². The first kappa shape index (κ1) is 14.9. The molecule has 1 fully saturated rings. The molecule has 1 aliphatic rings. The summed E-state index contributed by atoms with van der Waals surface area (Å²) < 4.78 is 1.88. The van der Waals surface area contributed by atoms with Crippen LogP contribution < -0.4 is 5.32 Å². The molecule has 0 spiro atoms. The largest absolute Gasteiger partial charge is 0.357 e. The van der Waals surface area contributed by atoms with E-state index in [1.54, 1.807) is 0 Å². The van der Waals surface area contributed by atoms with Gasteiger partial charge in [0.05, 0.1) is 12.2 Å². The third-order valence-electron chi connectivity index (χ3n) is 3.82. The lowest BCUT2D eigenvalue weighted by molar-refractivity contribution is 0.208. The zero-order valence-electron chi connectivity index (χ0n) is 13.1. The highest BCUT2D eigenvalue weighted by molar-refractivity contribution is 5.80. The van der Waals surface area contributed by atoms with Crippen molar-refractivity contribution in [3.05, 3.63) is 18.0 Å². The van der Waals surface area contributed by atoms with Crippen LogP contribution in [0.4, 0.5) is 0 Å². The summed E-state index contributed by atoms with van der Waals surface area (Å²) in [6, 6.07) is 2.02. The van der Waals surface area contributed by atoms with E-state index in [1.165, 1.54) is 6.42 Å². The summed E-state index contributed by atoms with van der Waals surface area (Å²) in [6.45, 7) is 10.6. The second-order valence-electron chi connectivity index (χ2n) is 5.97. The van der Waals surface area contributed by atoms with Crippen molar-refractivity contribution in [2.45, 2.75) is 33.7 Å². The lowest BCUT2D eigenvalue weighted by Gasteiger charge is -2.37. The predicted molar refractivity (Wildman–Crippen MR) is 82.5 cm³/mol. The van der Waals surface area contributed by atoms with Crippen LogP contribution in [0.5, 0.6) is 0 Å². The summed E-state index contributed by atoms with van der Waals surface area (Å²) in [6.07, 6.45) is 3.14. The van der Waals surface area contributed by atoms with Crippen molar-refractivity contribution >= 4 is 5.96 Å². The third-order valence-corrected chi connectivity index (χ3v) is 3.82. The molecule has 5 heteroatoms. The molecule has 1 aromatic heterocycles. The van der Waals surface area contributed by atoms with Gasteiger partial charge in [-0.1, -0.05) is 13.8 Å². The van der Waals surface area contributed by atoms with E-state index in [0.717, 1.165) is 43.1 Å². The first-order valence-corrected chi connectivity index (χ1v) is 7.60. The third kappa shape index (κ3) is 3.74. The molecule has 5 nitrogen and oxygen atoms in total. The second-order valence-corrected chi connectivity index (χ2v) is 5.97. The molecule has 2 atom stereocenters. The van der Waals surface area contributed by atoms with Gasteiger partial charge in [-0.3, -0.25) is 4.68 Å². The first-order chi connectivity index (χ1) is 9.60. The van der Waals surface area contributed by atoms with E-state index >= 15 is 0 Å². The smallest absolute Gasteiger partial charge is 0.194 e. The molecule has 0 saturated carbocycles. The Kier molecular flexibility index (Phi) is 5.04. The molecule has 2 rings (SSSR count). The van der Waals surface area contributed by atoms with Crippen LogP contribution in [-0.2, 0) is 13.6 Å². The quantitative estimate of drug-likeness (QED) is 0.677. The summed E-state index contributed by atoms with van der Waals surface area (Å²) in [5.41, 5.74) is 1.14. The van der Waals surface area contributed by atoms with Gasteiger partial charge < -0.3 is 10.2 Å². The zero-order chi connectivity index (χ0) is 14.5. The minimum atomic E-state index is 0.679. The SMILES string of the molecule is CCNC(=NCc1ccnn1C)N1CC(C)CC(C)C1. The van der Waals surface area contributed by atoms with E-state index in [4.69, 9.17) is 4.99 Å². The highest BCUT2D eigenvalue weighted by atomic mass is 15.3. The Morgan fingerprint density at radius 2 is 2.10 bits per heavy atom. The molecule has 0 bridgehead atoms. The molecule has 1 aliphatic heterocycles. The number of nitrogens with zero attached hydrogens (tertiary/aromatic N) is 4. The fourth-order valence-electron chi connectivity index (χ4n) is 2.97. The highest BCUT2D eigenvalue weighted by Gasteiger charge is 2.23. The average molecular weight is 277 g/mol. The number of aromatic nitrogens is 2. The Bertz CT molecular complexity index is 441. The highest BCUT2D eigenvalue weighted by Crippen LogP contribution is 2.21. The van der Waals surface area contributed by atoms with Gasteiger partial charge >= 0.3 is 0 Å². The van der Waals surface area contributed by atoms with Crippen LogP contribution in [-0.4, -0.2) is 40.3 Å². The van der Waals surface area contributed by atoms with Crippen LogP contribution in [0, 0.1) is 11.8 Å². The van der Waals surface area contributed by atoms with E-state index in [0.29, 0.717) is 6.54 Å². The first-order valence-electron chi connectivity index (χ1n) is 7.60. The summed E-state index contributed by atoms with van der Waals surface area (Å²) in [5.74, 6) is 2.51. The molecule has 2 unspecified atom stereocenters. The fourth-order valence-corrected chi connectivity index (χ4v) is 2.97. The summed E-state index contributed by atoms with van der Waals surface area (Å²) in [5, 5.41) is 7.61. The van der Waals surface area contributed by atoms with Crippen molar-refractivity contribution in [3.8, 4) is 0 Å². The standard InChI is InChI=1S/C15H27N5/c1-5-16-15(17-9-14-6-7-18-19(14)4)20-10-12(2)8-13(3)11-20/h6-7,12-13H,5,8-11H2,1-4H3,(H,16,17). The number of aliphatic imine (C=N–C) groups is 1. The number of aryl methyl sites for hydroxylation is 1. The molecule has 0 radical (unpaired) electrons. The Morgan fingerprint density at radius 1 is 1.40 bits per heavy atom. The van der Waals surface area contributed by atoms with E-state index in [-0.39, 0.29) is 0 Å². The van der Waals surface area contributed by atoms with E-state index < -0.39 is 0 Å². The Morgan fingerprint density at radius 3 is 2.65 bits per heavy atom. The van der Waals surface area contributed by atoms with Gasteiger partial charge in [-0.15, -0.1) is 0 Å². The van der Waals surface area contributed by atoms with E-state index in [2.05, 4.69) is 36.1 Å². The Labute approximate surface area is 122 Å².